The maximum Gasteiger partial charge on any atom is 0.306 e. The van der Waals surface area contributed by atoms with Crippen LogP contribution in [0.3, 0.4) is 0 Å². The standard InChI is InChI=1S/C14H18INO3/c1-10(2)6-7-14(18)19-9-13(17)16-12-5-3-4-11(15)8-12/h3-5,8,10H,6-7,9H2,1-2H3,(H,16,17). The Kier molecular flexibility index (Phi) is 6.83. The molecule has 0 heterocycles. The number of halogens is 1. The van der Waals surface area contributed by atoms with Crippen LogP contribution < -0.4 is 5.32 Å². The first-order valence-corrected chi connectivity index (χ1v) is 7.26. The first-order chi connectivity index (χ1) is 8.97. The van der Waals surface area contributed by atoms with Gasteiger partial charge in [0.15, 0.2) is 6.61 Å². The van der Waals surface area contributed by atoms with Crippen molar-refractivity contribution < 1.29 is 14.3 Å². The van der Waals surface area contributed by atoms with E-state index < -0.39 is 0 Å². The molecular weight excluding hydrogens is 357 g/mol. The Bertz CT molecular complexity index is 446. The minimum atomic E-state index is -0.327. The van der Waals surface area contributed by atoms with Gasteiger partial charge in [-0.25, -0.2) is 0 Å². The molecule has 0 aliphatic heterocycles. The molecule has 0 aliphatic rings. The van der Waals surface area contributed by atoms with Crippen LogP contribution in [0, 0.1) is 9.49 Å². The minimum Gasteiger partial charge on any atom is -0.456 e. The zero-order valence-electron chi connectivity index (χ0n) is 11.1. The van der Waals surface area contributed by atoms with Gasteiger partial charge in [-0.15, -0.1) is 0 Å². The minimum absolute atomic E-state index is 0.234. The Morgan fingerprint density at radius 2 is 2.11 bits per heavy atom. The van der Waals surface area contributed by atoms with Crippen LogP contribution in [0.2, 0.25) is 0 Å². The molecule has 0 fully saturated rings. The van der Waals surface area contributed by atoms with Gasteiger partial charge in [-0.3, -0.25) is 9.59 Å². The molecule has 1 rings (SSSR count). The molecule has 1 amide bonds. The maximum absolute atomic E-state index is 11.6. The van der Waals surface area contributed by atoms with Gasteiger partial charge < -0.3 is 10.1 Å². The van der Waals surface area contributed by atoms with Crippen LogP contribution in [0.5, 0.6) is 0 Å². The molecule has 104 valence electrons. The van der Waals surface area contributed by atoms with Crippen LogP contribution in [0.25, 0.3) is 0 Å². The number of ether oxygens (including phenoxy) is 1. The second-order valence-corrected chi connectivity index (χ2v) is 5.90. The van der Waals surface area contributed by atoms with E-state index in [2.05, 4.69) is 27.9 Å². The fraction of sp³-hybridized carbons (Fsp3) is 0.429. The van der Waals surface area contributed by atoms with Gasteiger partial charge in [-0.1, -0.05) is 19.9 Å². The molecule has 4 nitrogen and oxygen atoms in total. The van der Waals surface area contributed by atoms with E-state index in [4.69, 9.17) is 4.74 Å². The number of carbonyl (C=O) groups is 2. The number of hydrogen-bond acceptors (Lipinski definition) is 3. The first kappa shape index (κ1) is 15.9. The van der Waals surface area contributed by atoms with Crippen LogP contribution in [0.1, 0.15) is 26.7 Å². The van der Waals surface area contributed by atoms with Crippen molar-refractivity contribution in [2.75, 3.05) is 11.9 Å². The molecular formula is C14H18INO3. The van der Waals surface area contributed by atoms with Crippen LogP contribution >= 0.6 is 22.6 Å². The van der Waals surface area contributed by atoms with Crippen LogP contribution in [-0.4, -0.2) is 18.5 Å². The predicted octanol–water partition coefficient (Wildman–Crippen LogP) is 3.21. The Hall–Kier alpha value is -1.11. The van der Waals surface area contributed by atoms with Crippen LogP contribution in [-0.2, 0) is 14.3 Å². The van der Waals surface area contributed by atoms with Gasteiger partial charge in [0.1, 0.15) is 0 Å². The summed E-state index contributed by atoms with van der Waals surface area (Å²) in [4.78, 5) is 22.9. The Morgan fingerprint density at radius 3 is 2.74 bits per heavy atom. The highest BCUT2D eigenvalue weighted by molar-refractivity contribution is 14.1. The molecule has 0 unspecified atom stereocenters. The molecule has 1 N–H and O–H groups in total. The molecule has 0 saturated carbocycles. The number of esters is 1. The van der Waals surface area contributed by atoms with Gasteiger partial charge in [0.2, 0.25) is 0 Å². The van der Waals surface area contributed by atoms with E-state index in [0.717, 1.165) is 9.99 Å². The van der Waals surface area contributed by atoms with Gasteiger partial charge in [0, 0.05) is 15.7 Å². The van der Waals surface area contributed by atoms with E-state index in [9.17, 15) is 9.59 Å². The number of anilines is 1. The molecule has 1 aromatic carbocycles. The van der Waals surface area contributed by atoms with Gasteiger partial charge in [0.25, 0.3) is 5.91 Å². The van der Waals surface area contributed by atoms with Crippen molar-refractivity contribution in [2.45, 2.75) is 26.7 Å². The lowest BCUT2D eigenvalue weighted by atomic mass is 10.1. The topological polar surface area (TPSA) is 55.4 Å². The highest BCUT2D eigenvalue weighted by Crippen LogP contribution is 2.12. The molecule has 0 atom stereocenters. The van der Waals surface area contributed by atoms with Crippen molar-refractivity contribution >= 4 is 40.2 Å². The van der Waals surface area contributed by atoms with Crippen molar-refractivity contribution in [3.63, 3.8) is 0 Å². The van der Waals surface area contributed by atoms with Crippen molar-refractivity contribution in [3.05, 3.63) is 27.8 Å². The summed E-state index contributed by atoms with van der Waals surface area (Å²) in [6.45, 7) is 3.84. The highest BCUT2D eigenvalue weighted by atomic mass is 127. The van der Waals surface area contributed by atoms with E-state index >= 15 is 0 Å². The molecule has 0 spiro atoms. The van der Waals surface area contributed by atoms with E-state index in [1.807, 2.05) is 32.0 Å². The Labute approximate surface area is 127 Å². The molecule has 0 aliphatic carbocycles. The summed E-state index contributed by atoms with van der Waals surface area (Å²) in [7, 11) is 0. The lowest BCUT2D eigenvalue weighted by Gasteiger charge is -2.07. The number of carbonyl (C=O) groups excluding carboxylic acids is 2. The van der Waals surface area contributed by atoms with Gasteiger partial charge in [-0.2, -0.15) is 0 Å². The normalized spacial score (nSPS) is 10.3. The Balaban J connectivity index is 2.30. The van der Waals surface area contributed by atoms with E-state index in [1.54, 1.807) is 6.07 Å². The van der Waals surface area contributed by atoms with Crippen molar-refractivity contribution in [2.24, 2.45) is 5.92 Å². The lowest BCUT2D eigenvalue weighted by Crippen LogP contribution is -2.21. The third-order valence-corrected chi connectivity index (χ3v) is 3.07. The second-order valence-electron chi connectivity index (χ2n) is 4.65. The quantitative estimate of drug-likeness (QED) is 0.614. The average Bonchev–Trinajstić information content (AvgIpc) is 2.34. The second kappa shape index (κ2) is 8.14. The van der Waals surface area contributed by atoms with Crippen molar-refractivity contribution in [1.29, 1.82) is 0 Å². The summed E-state index contributed by atoms with van der Waals surface area (Å²) < 4.78 is 5.94. The number of benzene rings is 1. The number of hydrogen-bond donors (Lipinski definition) is 1. The van der Waals surface area contributed by atoms with Crippen LogP contribution in [0.15, 0.2) is 24.3 Å². The van der Waals surface area contributed by atoms with E-state index in [-0.39, 0.29) is 18.5 Å². The number of rotatable bonds is 6. The SMILES string of the molecule is CC(C)CCC(=O)OCC(=O)Nc1cccc(I)c1. The van der Waals surface area contributed by atoms with Gasteiger partial charge in [-0.05, 0) is 53.1 Å². The summed E-state index contributed by atoms with van der Waals surface area (Å²) in [5.74, 6) is -0.195. The molecule has 1 aromatic rings. The molecule has 0 aromatic heterocycles. The van der Waals surface area contributed by atoms with Crippen molar-refractivity contribution in [1.82, 2.24) is 0 Å². The summed E-state index contributed by atoms with van der Waals surface area (Å²) in [5, 5.41) is 2.68. The summed E-state index contributed by atoms with van der Waals surface area (Å²) in [6, 6.07) is 7.42. The molecule has 19 heavy (non-hydrogen) atoms. The highest BCUT2D eigenvalue weighted by Gasteiger charge is 2.08. The van der Waals surface area contributed by atoms with Crippen molar-refractivity contribution in [3.8, 4) is 0 Å². The molecule has 5 heteroatoms. The van der Waals surface area contributed by atoms with E-state index in [1.165, 1.54) is 0 Å². The summed E-state index contributed by atoms with van der Waals surface area (Å²) >= 11 is 2.16. The fourth-order valence-corrected chi connectivity index (χ4v) is 1.93. The zero-order valence-corrected chi connectivity index (χ0v) is 13.3. The largest absolute Gasteiger partial charge is 0.456 e. The summed E-state index contributed by atoms with van der Waals surface area (Å²) in [5.41, 5.74) is 0.704. The maximum atomic E-state index is 11.6. The van der Waals surface area contributed by atoms with Crippen LogP contribution in [0.4, 0.5) is 5.69 Å². The summed E-state index contributed by atoms with van der Waals surface area (Å²) in [6.07, 6.45) is 1.13. The zero-order chi connectivity index (χ0) is 14.3. The first-order valence-electron chi connectivity index (χ1n) is 6.18. The van der Waals surface area contributed by atoms with E-state index in [0.29, 0.717) is 18.0 Å². The lowest BCUT2D eigenvalue weighted by molar-refractivity contribution is -0.147. The Morgan fingerprint density at radius 1 is 1.37 bits per heavy atom. The number of amides is 1. The number of nitrogens with one attached hydrogen (secondary N) is 1. The monoisotopic (exact) mass is 375 g/mol. The molecule has 0 bridgehead atoms. The third kappa shape index (κ3) is 7.15. The van der Waals surface area contributed by atoms with Gasteiger partial charge >= 0.3 is 5.97 Å². The van der Waals surface area contributed by atoms with Gasteiger partial charge in [0.05, 0.1) is 0 Å². The molecule has 0 radical (unpaired) electrons. The third-order valence-electron chi connectivity index (χ3n) is 2.40. The molecule has 0 saturated heterocycles. The smallest absolute Gasteiger partial charge is 0.306 e. The predicted molar refractivity (Wildman–Crippen MR) is 82.8 cm³/mol. The fourth-order valence-electron chi connectivity index (χ4n) is 1.39. The average molecular weight is 375 g/mol.